The molecule has 0 saturated heterocycles. The Morgan fingerprint density at radius 1 is 0.864 bits per heavy atom. The number of allylic oxidation sites excluding steroid dienone is 8. The van der Waals surface area contributed by atoms with Crippen LogP contribution in [-0.2, 0) is 17.4 Å². The quantitative estimate of drug-likeness (QED) is 0.518. The Kier molecular flexibility index (Phi) is 11.7. The van der Waals surface area contributed by atoms with Crippen LogP contribution in [-0.4, -0.2) is 4.82 Å². The van der Waals surface area contributed by atoms with E-state index < -0.39 is 17.4 Å². The van der Waals surface area contributed by atoms with Gasteiger partial charge in [0.15, 0.2) is 0 Å². The van der Waals surface area contributed by atoms with Crippen molar-refractivity contribution in [2.75, 3.05) is 0 Å². The molecule has 0 nitrogen and oxygen atoms in total. The molecular weight excluding hydrogens is 347 g/mol. The van der Waals surface area contributed by atoms with Gasteiger partial charge in [0.25, 0.3) is 0 Å². The maximum atomic E-state index is 4.69. The van der Waals surface area contributed by atoms with E-state index in [0.717, 1.165) is 0 Å². The summed E-state index contributed by atoms with van der Waals surface area (Å²) in [5.74, 6) is 0. The van der Waals surface area contributed by atoms with E-state index in [2.05, 4.69) is 43.0 Å². The van der Waals surface area contributed by atoms with Gasteiger partial charge in [0.05, 0.1) is 0 Å². The second-order valence-corrected chi connectivity index (χ2v) is 9.29. The topological polar surface area (TPSA) is 0 Å². The second kappa shape index (κ2) is 11.6. The van der Waals surface area contributed by atoms with Gasteiger partial charge in [-0.15, -0.1) is 0 Å². The predicted octanol–water partition coefficient (Wildman–Crippen LogP) is -0.147. The number of hydrogen-bond acceptors (Lipinski definition) is 0. The Hall–Kier alpha value is 0.124. The summed E-state index contributed by atoms with van der Waals surface area (Å²) in [4.78, 5) is 4.69. The van der Waals surface area contributed by atoms with Gasteiger partial charge < -0.3 is 24.8 Å². The Labute approximate surface area is 155 Å². The molecule has 0 aromatic heterocycles. The van der Waals surface area contributed by atoms with Crippen LogP contribution in [0.2, 0.25) is 0 Å². The molecule has 0 aliphatic heterocycles. The van der Waals surface area contributed by atoms with Crippen molar-refractivity contribution in [2.24, 2.45) is 0 Å². The van der Waals surface area contributed by atoms with Gasteiger partial charge in [0.1, 0.15) is 0 Å². The molecule has 2 aliphatic rings. The summed E-state index contributed by atoms with van der Waals surface area (Å²) >= 11 is -1.43. The fourth-order valence-corrected chi connectivity index (χ4v) is 6.69. The molecule has 0 saturated carbocycles. The van der Waals surface area contributed by atoms with Gasteiger partial charge >= 0.3 is 131 Å². The average Bonchev–Trinajstić information content (AvgIpc) is 3.10. The van der Waals surface area contributed by atoms with E-state index in [9.17, 15) is 0 Å². The van der Waals surface area contributed by atoms with E-state index >= 15 is 0 Å². The Morgan fingerprint density at radius 3 is 1.64 bits per heavy atom. The number of halogens is 2. The number of unbranched alkanes of at least 4 members (excludes halogenated alkanes) is 2. The van der Waals surface area contributed by atoms with Gasteiger partial charge in [-0.3, -0.25) is 0 Å². The van der Waals surface area contributed by atoms with Gasteiger partial charge in [0, 0.05) is 0 Å². The molecule has 0 amide bonds. The zero-order valence-electron chi connectivity index (χ0n) is 13.9. The van der Waals surface area contributed by atoms with Gasteiger partial charge in [-0.2, -0.15) is 0 Å². The minimum atomic E-state index is -1.43. The first-order valence-corrected chi connectivity index (χ1v) is 10.9. The van der Waals surface area contributed by atoms with Crippen molar-refractivity contribution in [3.8, 4) is 0 Å². The van der Waals surface area contributed by atoms with Gasteiger partial charge in [-0.05, 0) is 0 Å². The van der Waals surface area contributed by atoms with E-state index in [1.54, 1.807) is 18.9 Å². The van der Waals surface area contributed by atoms with Crippen LogP contribution in [0.5, 0.6) is 0 Å². The first kappa shape index (κ1) is 22.1. The van der Waals surface area contributed by atoms with Crippen molar-refractivity contribution in [3.05, 3.63) is 43.2 Å². The average molecular weight is 375 g/mol. The molecule has 0 bridgehead atoms. The second-order valence-electron chi connectivity index (χ2n) is 5.91. The van der Waals surface area contributed by atoms with Crippen molar-refractivity contribution < 1.29 is 42.2 Å². The summed E-state index contributed by atoms with van der Waals surface area (Å²) in [6.07, 6.45) is 19.7. The molecule has 22 heavy (non-hydrogen) atoms. The van der Waals surface area contributed by atoms with E-state index in [0.29, 0.717) is 0 Å². The maximum absolute atomic E-state index is 4.69. The van der Waals surface area contributed by atoms with Crippen molar-refractivity contribution in [1.82, 2.24) is 0 Å². The Morgan fingerprint density at radius 2 is 1.27 bits per heavy atom. The zero-order chi connectivity index (χ0) is 14.4. The summed E-state index contributed by atoms with van der Waals surface area (Å²) in [5.41, 5.74) is 3.29. The van der Waals surface area contributed by atoms with Gasteiger partial charge in [-0.25, -0.2) is 0 Å². The van der Waals surface area contributed by atoms with Crippen molar-refractivity contribution >= 4 is 4.82 Å². The van der Waals surface area contributed by atoms with E-state index in [-0.39, 0.29) is 24.8 Å². The zero-order valence-corrected chi connectivity index (χ0v) is 17.0. The monoisotopic (exact) mass is 374 g/mol. The third-order valence-corrected chi connectivity index (χ3v) is 8.30. The van der Waals surface area contributed by atoms with Crippen LogP contribution in [0.4, 0.5) is 0 Å². The first-order valence-electron chi connectivity index (χ1n) is 8.24. The molecule has 0 N–H and O–H groups in total. The molecule has 2 rings (SSSR count). The number of rotatable bonds is 8. The van der Waals surface area contributed by atoms with Crippen LogP contribution in [0.15, 0.2) is 43.2 Å². The molecule has 0 radical (unpaired) electrons. The van der Waals surface area contributed by atoms with E-state index in [4.69, 9.17) is 0 Å². The van der Waals surface area contributed by atoms with Crippen molar-refractivity contribution in [1.29, 1.82) is 0 Å². The molecule has 122 valence electrons. The minimum Gasteiger partial charge on any atom is -1.00 e. The SMILES string of the molecule is [CH2]=[Ti+2]([C]1=C(CCCC)C=CC1)[C]1=C(CCCC)C=CC1.[Cl-].[Cl-]. The fourth-order valence-electron chi connectivity index (χ4n) is 3.12. The van der Waals surface area contributed by atoms with Crippen molar-refractivity contribution in [3.63, 3.8) is 0 Å². The van der Waals surface area contributed by atoms with Crippen molar-refractivity contribution in [2.45, 2.75) is 65.2 Å². The summed E-state index contributed by atoms with van der Waals surface area (Å²) in [6, 6.07) is 0. The molecule has 0 heterocycles. The molecule has 0 unspecified atom stereocenters. The van der Waals surface area contributed by atoms with E-state index in [1.165, 1.54) is 51.4 Å². The third-order valence-electron chi connectivity index (χ3n) is 4.39. The van der Waals surface area contributed by atoms with Crippen LogP contribution in [0.25, 0.3) is 0 Å². The van der Waals surface area contributed by atoms with E-state index in [1.807, 2.05) is 0 Å². The Bertz CT molecular complexity index is 452. The normalized spacial score (nSPS) is 15.7. The van der Waals surface area contributed by atoms with Crippen LogP contribution in [0, 0.1) is 0 Å². The van der Waals surface area contributed by atoms with Gasteiger partial charge in [-0.1, -0.05) is 0 Å². The maximum Gasteiger partial charge on any atom is -1.00 e. The Balaban J connectivity index is 0.00000220. The molecule has 0 aromatic rings. The summed E-state index contributed by atoms with van der Waals surface area (Å²) < 4.78 is 3.51. The summed E-state index contributed by atoms with van der Waals surface area (Å²) in [7, 11) is 0. The molecule has 0 spiro atoms. The smallest absolute Gasteiger partial charge is 1.00 e. The molecule has 3 heteroatoms. The van der Waals surface area contributed by atoms with Crippen LogP contribution >= 0.6 is 0 Å². The molecule has 0 atom stereocenters. The van der Waals surface area contributed by atoms with Crippen LogP contribution in [0.3, 0.4) is 0 Å². The predicted molar refractivity (Wildman–Crippen MR) is 87.7 cm³/mol. The minimum absolute atomic E-state index is 0. The molecule has 2 aliphatic carbocycles. The standard InChI is InChI=1S/2C9H13.CH2.2ClH.Ti/c2*1-2-3-6-9-7-4-5-8-9;;;;/h2*4,7H,2-3,5-6H2,1H3;1H2;2*1H;/q;;;;;+2/p-2. The first-order chi connectivity index (χ1) is 9.77. The third kappa shape index (κ3) is 5.64. The summed E-state index contributed by atoms with van der Waals surface area (Å²) in [5, 5.41) is 0. The molecule has 0 aromatic carbocycles. The van der Waals surface area contributed by atoms with Gasteiger partial charge in [0.2, 0.25) is 0 Å². The van der Waals surface area contributed by atoms with Crippen LogP contribution in [0.1, 0.15) is 65.2 Å². The van der Waals surface area contributed by atoms with Crippen LogP contribution < -0.4 is 24.8 Å². The molecular formula is C19H28Cl2Ti. The summed E-state index contributed by atoms with van der Waals surface area (Å²) in [6.45, 7) is 4.57. The fraction of sp³-hybridized carbons (Fsp3) is 0.526. The largest absolute Gasteiger partial charge is 1.00 e. The number of hydrogen-bond donors (Lipinski definition) is 0. The molecule has 0 fully saturated rings.